The van der Waals surface area contributed by atoms with Crippen molar-refractivity contribution in [1.82, 2.24) is 20.1 Å². The Hall–Kier alpha value is -2.21. The van der Waals surface area contributed by atoms with E-state index in [2.05, 4.69) is 43.1 Å². The van der Waals surface area contributed by atoms with E-state index in [0.29, 0.717) is 12.2 Å². The van der Waals surface area contributed by atoms with E-state index in [1.54, 1.807) is 23.1 Å². The van der Waals surface area contributed by atoms with Gasteiger partial charge in [-0.1, -0.05) is 0 Å². The van der Waals surface area contributed by atoms with Crippen LogP contribution in [0, 0.1) is 5.92 Å². The lowest BCUT2D eigenvalue weighted by Gasteiger charge is -2.27. The van der Waals surface area contributed by atoms with E-state index in [1.807, 2.05) is 18.3 Å². The first-order valence-corrected chi connectivity index (χ1v) is 8.21. The van der Waals surface area contributed by atoms with Crippen LogP contribution < -0.4 is 5.32 Å². The van der Waals surface area contributed by atoms with Crippen molar-refractivity contribution in [2.75, 3.05) is 6.54 Å². The Morgan fingerprint density at radius 1 is 1.38 bits per heavy atom. The average molecular weight is 328 g/mol. The van der Waals surface area contributed by atoms with Gasteiger partial charge in [-0.3, -0.25) is 9.78 Å². The van der Waals surface area contributed by atoms with Crippen LogP contribution in [0.5, 0.6) is 0 Å². The third-order valence-electron chi connectivity index (χ3n) is 4.51. The van der Waals surface area contributed by atoms with Crippen LogP contribution >= 0.6 is 0 Å². The quantitative estimate of drug-likeness (QED) is 0.936. The third-order valence-corrected chi connectivity index (χ3v) is 4.51. The normalized spacial score (nSPS) is 21.6. The molecule has 0 saturated carbocycles. The van der Waals surface area contributed by atoms with Crippen molar-refractivity contribution in [3.05, 3.63) is 42.5 Å². The molecule has 1 aliphatic rings. The summed E-state index contributed by atoms with van der Waals surface area (Å²) in [6.07, 6.45) is 6.07. The molecule has 1 amide bonds. The van der Waals surface area contributed by atoms with E-state index in [4.69, 9.17) is 4.74 Å². The van der Waals surface area contributed by atoms with Crippen LogP contribution in [-0.2, 0) is 4.74 Å². The minimum absolute atomic E-state index is 0.156. The summed E-state index contributed by atoms with van der Waals surface area (Å²) in [7, 11) is 0. The van der Waals surface area contributed by atoms with E-state index >= 15 is 0 Å². The zero-order valence-corrected chi connectivity index (χ0v) is 14.6. The maximum absolute atomic E-state index is 12.5. The number of nitrogens with zero attached hydrogens (tertiary/aromatic N) is 3. The topological polar surface area (TPSA) is 69.0 Å². The Kier molecular flexibility index (Phi) is 4.17. The molecule has 0 aliphatic carbocycles. The Morgan fingerprint density at radius 3 is 2.79 bits per heavy atom. The average Bonchev–Trinajstić information content (AvgIpc) is 3.10. The fraction of sp³-hybridized carbons (Fsp3) is 0.500. The van der Waals surface area contributed by atoms with Crippen LogP contribution in [0.2, 0.25) is 0 Å². The summed E-state index contributed by atoms with van der Waals surface area (Å²) < 4.78 is 7.78. The second-order valence-electron chi connectivity index (χ2n) is 7.43. The van der Waals surface area contributed by atoms with Crippen molar-refractivity contribution >= 4 is 5.91 Å². The van der Waals surface area contributed by atoms with Gasteiger partial charge in [0.25, 0.3) is 5.91 Å². The van der Waals surface area contributed by atoms with Crippen molar-refractivity contribution < 1.29 is 9.53 Å². The van der Waals surface area contributed by atoms with Gasteiger partial charge in [0.2, 0.25) is 0 Å². The standard InChI is InChI=1S/C18H24N4O2/c1-17(2)11-13(18(3,4)24-17)12-20-16(23)15-10-14(6-8-19-15)22-9-5-7-21-22/h5-10,13H,11-12H2,1-4H3,(H,20,23). The summed E-state index contributed by atoms with van der Waals surface area (Å²) in [5.74, 6) is 0.0928. The Morgan fingerprint density at radius 2 is 2.17 bits per heavy atom. The van der Waals surface area contributed by atoms with Gasteiger partial charge in [-0.05, 0) is 52.3 Å². The zero-order chi connectivity index (χ0) is 17.4. The maximum atomic E-state index is 12.5. The van der Waals surface area contributed by atoms with Gasteiger partial charge < -0.3 is 10.1 Å². The Labute approximate surface area is 142 Å². The zero-order valence-electron chi connectivity index (χ0n) is 14.6. The van der Waals surface area contributed by atoms with Crippen LogP contribution in [-0.4, -0.2) is 38.4 Å². The molecule has 2 aromatic rings. The number of pyridine rings is 1. The van der Waals surface area contributed by atoms with Crippen molar-refractivity contribution in [2.24, 2.45) is 5.92 Å². The molecule has 24 heavy (non-hydrogen) atoms. The van der Waals surface area contributed by atoms with E-state index in [9.17, 15) is 4.79 Å². The largest absolute Gasteiger partial charge is 0.369 e. The molecule has 6 nitrogen and oxygen atoms in total. The van der Waals surface area contributed by atoms with Gasteiger partial charge in [-0.2, -0.15) is 5.10 Å². The molecule has 6 heteroatoms. The van der Waals surface area contributed by atoms with Crippen LogP contribution in [0.4, 0.5) is 0 Å². The first kappa shape index (κ1) is 16.6. The van der Waals surface area contributed by atoms with E-state index in [-0.39, 0.29) is 23.0 Å². The lowest BCUT2D eigenvalue weighted by atomic mass is 9.87. The third kappa shape index (κ3) is 3.48. The van der Waals surface area contributed by atoms with E-state index < -0.39 is 0 Å². The molecule has 1 atom stereocenters. The Bertz CT molecular complexity index is 722. The molecule has 3 heterocycles. The van der Waals surface area contributed by atoms with E-state index in [0.717, 1.165) is 12.1 Å². The second-order valence-corrected chi connectivity index (χ2v) is 7.43. The molecule has 0 bridgehead atoms. The van der Waals surface area contributed by atoms with Crippen LogP contribution in [0.3, 0.4) is 0 Å². The highest BCUT2D eigenvalue weighted by molar-refractivity contribution is 5.92. The highest BCUT2D eigenvalue weighted by Gasteiger charge is 2.45. The van der Waals surface area contributed by atoms with Gasteiger partial charge in [0, 0.05) is 31.1 Å². The minimum Gasteiger partial charge on any atom is -0.369 e. The van der Waals surface area contributed by atoms with Gasteiger partial charge >= 0.3 is 0 Å². The molecular weight excluding hydrogens is 304 g/mol. The summed E-state index contributed by atoms with van der Waals surface area (Å²) in [4.78, 5) is 16.6. The molecule has 0 spiro atoms. The van der Waals surface area contributed by atoms with Crippen LogP contribution in [0.1, 0.15) is 44.6 Å². The molecule has 1 aliphatic heterocycles. The molecular formula is C18H24N4O2. The number of hydrogen-bond acceptors (Lipinski definition) is 4. The molecule has 128 valence electrons. The molecule has 1 unspecified atom stereocenters. The molecule has 0 radical (unpaired) electrons. The van der Waals surface area contributed by atoms with Crippen molar-refractivity contribution in [3.8, 4) is 5.69 Å². The predicted octanol–water partition coefficient (Wildman–Crippen LogP) is 2.59. The van der Waals surface area contributed by atoms with Crippen LogP contribution in [0.25, 0.3) is 5.69 Å². The highest BCUT2D eigenvalue weighted by atomic mass is 16.5. The molecule has 1 N–H and O–H groups in total. The minimum atomic E-state index is -0.249. The monoisotopic (exact) mass is 328 g/mol. The number of rotatable bonds is 4. The molecule has 1 saturated heterocycles. The lowest BCUT2D eigenvalue weighted by Crippen LogP contribution is -2.38. The SMILES string of the molecule is CC1(C)CC(CNC(=O)c2cc(-n3cccn3)ccn2)C(C)(C)O1. The number of carbonyl (C=O) groups excluding carboxylic acids is 1. The summed E-state index contributed by atoms with van der Waals surface area (Å²) in [5, 5.41) is 7.17. The number of hydrogen-bond donors (Lipinski definition) is 1. The van der Waals surface area contributed by atoms with E-state index in [1.165, 1.54) is 0 Å². The first-order valence-electron chi connectivity index (χ1n) is 8.21. The number of amides is 1. The number of ether oxygens (including phenoxy) is 1. The summed E-state index contributed by atoms with van der Waals surface area (Å²) in [6.45, 7) is 8.91. The number of carbonyl (C=O) groups is 1. The van der Waals surface area contributed by atoms with Gasteiger partial charge in [0.1, 0.15) is 5.69 Å². The fourth-order valence-corrected chi connectivity index (χ4v) is 3.41. The maximum Gasteiger partial charge on any atom is 0.269 e. The van der Waals surface area contributed by atoms with Gasteiger partial charge in [-0.15, -0.1) is 0 Å². The molecule has 1 fully saturated rings. The summed E-state index contributed by atoms with van der Waals surface area (Å²) in [5.41, 5.74) is 0.794. The lowest BCUT2D eigenvalue weighted by molar-refractivity contribution is -0.0740. The van der Waals surface area contributed by atoms with Crippen molar-refractivity contribution in [3.63, 3.8) is 0 Å². The van der Waals surface area contributed by atoms with Gasteiger partial charge in [0.15, 0.2) is 0 Å². The summed E-state index contributed by atoms with van der Waals surface area (Å²) in [6, 6.07) is 5.40. The molecule has 3 rings (SSSR count). The highest BCUT2D eigenvalue weighted by Crippen LogP contribution is 2.41. The van der Waals surface area contributed by atoms with Crippen LogP contribution in [0.15, 0.2) is 36.8 Å². The van der Waals surface area contributed by atoms with Gasteiger partial charge in [-0.25, -0.2) is 4.68 Å². The number of nitrogens with one attached hydrogen (secondary N) is 1. The first-order chi connectivity index (χ1) is 11.3. The molecule has 0 aromatic carbocycles. The van der Waals surface area contributed by atoms with Crippen molar-refractivity contribution in [2.45, 2.75) is 45.3 Å². The number of aromatic nitrogens is 3. The smallest absolute Gasteiger partial charge is 0.269 e. The molecule has 2 aromatic heterocycles. The summed E-state index contributed by atoms with van der Waals surface area (Å²) >= 11 is 0. The van der Waals surface area contributed by atoms with Crippen molar-refractivity contribution in [1.29, 1.82) is 0 Å². The fourth-order valence-electron chi connectivity index (χ4n) is 3.41. The predicted molar refractivity (Wildman–Crippen MR) is 91.0 cm³/mol. The Balaban J connectivity index is 1.67. The van der Waals surface area contributed by atoms with Gasteiger partial charge in [0.05, 0.1) is 16.9 Å². The second kappa shape index (κ2) is 6.02.